The Hall–Kier alpha value is -4.47. The topological polar surface area (TPSA) is 38.9 Å². The number of nitrogens with zero attached hydrogens (tertiary/aromatic N) is 1. The molecule has 1 unspecified atom stereocenters. The lowest BCUT2D eigenvalue weighted by atomic mass is 9.72. The molecule has 2 heterocycles. The van der Waals surface area contributed by atoms with Gasteiger partial charge in [0.05, 0.1) is 0 Å². The number of fused-ring (bicyclic) bond motifs is 3. The van der Waals surface area contributed by atoms with Crippen LogP contribution in [-0.2, 0) is 11.8 Å². The zero-order valence-corrected chi connectivity index (χ0v) is 36.4. The first kappa shape index (κ1) is 47.6. The number of hydrogen-bond donors (Lipinski definition) is 1. The Morgan fingerprint density at radius 3 is 2.02 bits per heavy atom. The van der Waals surface area contributed by atoms with Crippen LogP contribution >= 0.6 is 11.3 Å². The lowest BCUT2D eigenvalue weighted by Gasteiger charge is -2.30. The minimum Gasteiger partial charge on any atom is -0.405 e. The summed E-state index contributed by atoms with van der Waals surface area (Å²) >= 11 is 1.88. The molecule has 0 aliphatic heterocycles. The van der Waals surface area contributed by atoms with Gasteiger partial charge in [0.1, 0.15) is 0 Å². The summed E-state index contributed by atoms with van der Waals surface area (Å²) in [5, 5.41) is 0. The minimum absolute atomic E-state index is 0.131. The molecule has 4 aromatic rings. The minimum atomic E-state index is -0.131. The van der Waals surface area contributed by atoms with E-state index in [0.29, 0.717) is 0 Å². The molecule has 290 valence electrons. The van der Waals surface area contributed by atoms with Crippen molar-refractivity contribution in [3.8, 4) is 22.3 Å². The predicted octanol–water partition coefficient (Wildman–Crippen LogP) is 16.0. The van der Waals surface area contributed by atoms with Crippen molar-refractivity contribution in [2.24, 2.45) is 5.73 Å². The maximum Gasteiger partial charge on any atom is 0.0377 e. The van der Waals surface area contributed by atoms with Gasteiger partial charge in [0.2, 0.25) is 0 Å². The first-order chi connectivity index (χ1) is 26.4. The third-order valence-electron chi connectivity index (χ3n) is 9.17. The second kappa shape index (κ2) is 26.3. The second-order valence-electron chi connectivity index (χ2n) is 12.3. The van der Waals surface area contributed by atoms with E-state index in [2.05, 4.69) is 132 Å². The molecule has 5 rings (SSSR count). The molecule has 0 fully saturated rings. The standard InChI is InChI=1S/C41H44N2S.C4H8.3C2H6/c1-6-13-29(4)40-37(34(14-7-2)30(5)44-40)16-12-23-41(8-3)38-27-31(15-10-9-11-24-42)17-19-35(38)36-20-18-33(28-39(36)41)32-21-25-43-26-22-32;1-3-4-2;3*1-2/h7,9-12,14,16-22,24-28H,4,6,8,13,15,23,42H2,1-3,5H3;3H,1,4H2,2H3;3*1-2H3/b10-9-,14-7-,16-12-,24-11-;;;;. The number of hydrogen-bond acceptors (Lipinski definition) is 3. The van der Waals surface area contributed by atoms with Crippen LogP contribution < -0.4 is 5.73 Å². The fraction of sp³-hybridized carbons (Fsp3) is 0.353. The normalized spacial score (nSPS) is 13.9. The highest BCUT2D eigenvalue weighted by atomic mass is 32.1. The number of aryl methyl sites for hydroxylation is 1. The van der Waals surface area contributed by atoms with Crippen molar-refractivity contribution in [1.29, 1.82) is 0 Å². The van der Waals surface area contributed by atoms with Crippen LogP contribution in [0, 0.1) is 6.92 Å². The number of rotatable bonds is 13. The zero-order valence-electron chi connectivity index (χ0n) is 35.6. The van der Waals surface area contributed by atoms with E-state index in [1.165, 1.54) is 65.4 Å². The highest BCUT2D eigenvalue weighted by Crippen LogP contribution is 2.54. The molecule has 0 radical (unpaired) electrons. The Balaban J connectivity index is 0.00000133. The van der Waals surface area contributed by atoms with Crippen molar-refractivity contribution in [2.75, 3.05) is 0 Å². The van der Waals surface area contributed by atoms with Crippen molar-refractivity contribution in [1.82, 2.24) is 4.98 Å². The summed E-state index contributed by atoms with van der Waals surface area (Å²) in [6, 6.07) is 18.3. The molecule has 0 bridgehead atoms. The molecule has 0 saturated heterocycles. The van der Waals surface area contributed by atoms with Gasteiger partial charge in [0.15, 0.2) is 0 Å². The molecule has 2 nitrogen and oxygen atoms in total. The summed E-state index contributed by atoms with van der Waals surface area (Å²) in [5.41, 5.74) is 18.6. The Morgan fingerprint density at radius 1 is 0.815 bits per heavy atom. The summed E-state index contributed by atoms with van der Waals surface area (Å²) in [7, 11) is 0. The maximum atomic E-state index is 5.55. The smallest absolute Gasteiger partial charge is 0.0377 e. The molecular formula is C51H70N2S. The summed E-state index contributed by atoms with van der Waals surface area (Å²) in [6.45, 7) is 30.9. The zero-order chi connectivity index (χ0) is 40.5. The third-order valence-corrected chi connectivity index (χ3v) is 10.4. The van der Waals surface area contributed by atoms with Crippen LogP contribution in [0.1, 0.15) is 139 Å². The number of pyridine rings is 1. The summed E-state index contributed by atoms with van der Waals surface area (Å²) < 4.78 is 0. The largest absolute Gasteiger partial charge is 0.405 e. The molecule has 2 aromatic carbocycles. The monoisotopic (exact) mass is 743 g/mol. The molecule has 1 aliphatic carbocycles. The van der Waals surface area contributed by atoms with E-state index < -0.39 is 0 Å². The van der Waals surface area contributed by atoms with Gasteiger partial charge in [0, 0.05) is 27.6 Å². The Labute approximate surface area is 335 Å². The molecule has 0 saturated carbocycles. The Bertz CT molecular complexity index is 1820. The van der Waals surface area contributed by atoms with E-state index in [0.717, 1.165) is 38.5 Å². The number of benzene rings is 2. The molecule has 0 amide bonds. The highest BCUT2D eigenvalue weighted by molar-refractivity contribution is 7.13. The van der Waals surface area contributed by atoms with Gasteiger partial charge in [-0.05, 0) is 132 Å². The van der Waals surface area contributed by atoms with Gasteiger partial charge in [-0.15, -0.1) is 17.9 Å². The Kier molecular flexibility index (Phi) is 23.2. The van der Waals surface area contributed by atoms with Crippen LogP contribution in [-0.4, -0.2) is 4.98 Å². The molecule has 1 aliphatic rings. The lowest BCUT2D eigenvalue weighted by molar-refractivity contribution is 0.515. The molecule has 0 spiro atoms. The van der Waals surface area contributed by atoms with Gasteiger partial charge in [-0.1, -0.05) is 148 Å². The van der Waals surface area contributed by atoms with E-state index in [-0.39, 0.29) is 5.41 Å². The predicted molar refractivity (Wildman–Crippen MR) is 248 cm³/mol. The van der Waals surface area contributed by atoms with Gasteiger partial charge in [0.25, 0.3) is 0 Å². The van der Waals surface area contributed by atoms with Crippen molar-refractivity contribution in [3.05, 3.63) is 154 Å². The third kappa shape index (κ3) is 12.0. The average Bonchev–Trinajstić information content (AvgIpc) is 3.69. The van der Waals surface area contributed by atoms with E-state index in [9.17, 15) is 0 Å². The quantitative estimate of drug-likeness (QED) is 0.109. The number of nitrogens with two attached hydrogens (primary N) is 1. The van der Waals surface area contributed by atoms with Crippen LogP contribution in [0.3, 0.4) is 0 Å². The second-order valence-corrected chi connectivity index (χ2v) is 13.5. The Morgan fingerprint density at radius 2 is 1.44 bits per heavy atom. The van der Waals surface area contributed by atoms with E-state index in [1.54, 1.807) is 6.20 Å². The van der Waals surface area contributed by atoms with Crippen LogP contribution in [0.15, 0.2) is 117 Å². The summed E-state index contributed by atoms with van der Waals surface area (Å²) in [6.07, 6.45) is 28.5. The van der Waals surface area contributed by atoms with E-state index in [4.69, 9.17) is 5.73 Å². The van der Waals surface area contributed by atoms with Gasteiger partial charge < -0.3 is 5.73 Å². The molecule has 3 heteroatoms. The summed E-state index contributed by atoms with van der Waals surface area (Å²) in [4.78, 5) is 6.93. The van der Waals surface area contributed by atoms with Crippen molar-refractivity contribution in [2.45, 2.75) is 120 Å². The lowest BCUT2D eigenvalue weighted by Crippen LogP contribution is -2.23. The van der Waals surface area contributed by atoms with Gasteiger partial charge >= 0.3 is 0 Å². The maximum absolute atomic E-state index is 5.55. The molecule has 2 aromatic heterocycles. The molecule has 2 N–H and O–H groups in total. The van der Waals surface area contributed by atoms with Crippen molar-refractivity contribution < 1.29 is 0 Å². The fourth-order valence-corrected chi connectivity index (χ4v) is 7.78. The van der Waals surface area contributed by atoms with E-state index >= 15 is 0 Å². The number of thiophene rings is 1. The molecule has 1 atom stereocenters. The first-order valence-electron chi connectivity index (χ1n) is 20.3. The average molecular weight is 743 g/mol. The summed E-state index contributed by atoms with van der Waals surface area (Å²) in [5.74, 6) is 0. The van der Waals surface area contributed by atoms with Crippen LogP contribution in [0.5, 0.6) is 0 Å². The van der Waals surface area contributed by atoms with E-state index in [1.807, 2.05) is 83.5 Å². The number of aromatic nitrogens is 1. The van der Waals surface area contributed by atoms with Crippen molar-refractivity contribution >= 4 is 29.1 Å². The van der Waals surface area contributed by atoms with Crippen molar-refractivity contribution in [3.63, 3.8) is 0 Å². The van der Waals surface area contributed by atoms with Gasteiger partial charge in [-0.3, -0.25) is 4.98 Å². The van der Waals surface area contributed by atoms with Crippen LogP contribution in [0.25, 0.3) is 40.0 Å². The first-order valence-corrected chi connectivity index (χ1v) is 21.1. The molecular weight excluding hydrogens is 673 g/mol. The van der Waals surface area contributed by atoms with Gasteiger partial charge in [-0.2, -0.15) is 0 Å². The van der Waals surface area contributed by atoms with Crippen LogP contribution in [0.4, 0.5) is 0 Å². The highest BCUT2D eigenvalue weighted by Gasteiger charge is 2.41. The van der Waals surface area contributed by atoms with Gasteiger partial charge in [-0.25, -0.2) is 0 Å². The molecule has 54 heavy (non-hydrogen) atoms. The number of allylic oxidation sites excluding steroid dienone is 7. The SMILES string of the molecule is C=C(CCC)c1sc(C)c(/C=C\C)c1/C=C\CC1(CC)c2cc(C/C=C\C=C/N)ccc2-c2ccc(-c3ccncc3)cc21.C=CCC.CC.CC.CC. The van der Waals surface area contributed by atoms with Crippen LogP contribution in [0.2, 0.25) is 0 Å². The fourth-order valence-electron chi connectivity index (χ4n) is 6.66.